The van der Waals surface area contributed by atoms with Gasteiger partial charge in [0.05, 0.1) is 12.1 Å². The Morgan fingerprint density at radius 3 is 2.40 bits per heavy atom. The number of benzene rings is 1. The molecule has 1 saturated heterocycles. The molecule has 0 bridgehead atoms. The number of hydrogen-bond donors (Lipinski definition) is 0. The lowest BCUT2D eigenvalue weighted by Crippen LogP contribution is -2.50. The molecule has 9 heteroatoms. The highest BCUT2D eigenvalue weighted by Gasteiger charge is 2.31. The molecule has 160 valence electrons. The summed E-state index contributed by atoms with van der Waals surface area (Å²) < 4.78 is 38.6. The minimum absolute atomic E-state index is 0.0173. The van der Waals surface area contributed by atoms with Gasteiger partial charge in [-0.05, 0) is 35.9 Å². The van der Waals surface area contributed by atoms with E-state index >= 15 is 0 Å². The fourth-order valence-corrected chi connectivity index (χ4v) is 3.46. The van der Waals surface area contributed by atoms with Crippen LogP contribution in [0, 0.1) is 0 Å². The van der Waals surface area contributed by atoms with Crippen LogP contribution in [-0.2, 0) is 17.5 Å². The number of amides is 1. The van der Waals surface area contributed by atoms with E-state index in [2.05, 4.69) is 9.88 Å². The maximum absolute atomic E-state index is 12.9. The number of anilines is 1. The Morgan fingerprint density at radius 1 is 1.13 bits per heavy atom. The Kier molecular flexibility index (Phi) is 6.71. The first-order valence-electron chi connectivity index (χ1n) is 9.54. The number of likely N-dealkylation sites (N-methyl/N-ethyl adjacent to an activating group) is 1. The van der Waals surface area contributed by atoms with E-state index in [4.69, 9.17) is 0 Å². The van der Waals surface area contributed by atoms with Crippen LogP contribution in [0.25, 0.3) is 0 Å². The third-order valence-electron chi connectivity index (χ3n) is 5.15. The van der Waals surface area contributed by atoms with Gasteiger partial charge in [-0.3, -0.25) is 19.5 Å². The van der Waals surface area contributed by atoms with Crippen LogP contribution in [0.2, 0.25) is 0 Å². The number of carbonyl (C=O) groups excluding carboxylic acids is 2. The van der Waals surface area contributed by atoms with Crippen molar-refractivity contribution in [1.82, 2.24) is 14.8 Å². The number of piperazine rings is 1. The van der Waals surface area contributed by atoms with Gasteiger partial charge < -0.3 is 9.80 Å². The van der Waals surface area contributed by atoms with Crippen molar-refractivity contribution in [3.63, 3.8) is 0 Å². The molecule has 1 aromatic carbocycles. The summed E-state index contributed by atoms with van der Waals surface area (Å²) in [6, 6.07) is 6.87. The maximum Gasteiger partial charge on any atom is 0.416 e. The molecule has 1 aromatic heterocycles. The van der Waals surface area contributed by atoms with E-state index < -0.39 is 11.7 Å². The predicted molar refractivity (Wildman–Crippen MR) is 106 cm³/mol. The summed E-state index contributed by atoms with van der Waals surface area (Å²) in [5.74, 6) is -0.127. The summed E-state index contributed by atoms with van der Waals surface area (Å²) in [5.41, 5.74) is 0.469. The number of rotatable bonds is 6. The molecule has 1 fully saturated rings. The fourth-order valence-electron chi connectivity index (χ4n) is 3.46. The Bertz CT molecular complexity index is 882. The Hall–Kier alpha value is -2.94. The first kappa shape index (κ1) is 21.8. The molecule has 0 saturated carbocycles. The Balaban J connectivity index is 1.57. The van der Waals surface area contributed by atoms with E-state index in [-0.39, 0.29) is 18.0 Å². The molecule has 1 aliphatic rings. The normalized spacial score (nSPS) is 15.1. The Labute approximate surface area is 172 Å². The lowest BCUT2D eigenvalue weighted by Gasteiger charge is -2.35. The van der Waals surface area contributed by atoms with Crippen molar-refractivity contribution in [1.29, 1.82) is 0 Å². The quantitative estimate of drug-likeness (QED) is 0.673. The second-order valence-electron chi connectivity index (χ2n) is 7.26. The topological polar surface area (TPSA) is 56.8 Å². The number of carbonyl (C=O) groups is 2. The molecule has 30 heavy (non-hydrogen) atoms. The average molecular weight is 420 g/mol. The van der Waals surface area contributed by atoms with Crippen LogP contribution in [0.3, 0.4) is 0 Å². The lowest BCUT2D eigenvalue weighted by atomic mass is 10.1. The fraction of sp³-hybridized carbons (Fsp3) is 0.381. The predicted octanol–water partition coefficient (Wildman–Crippen LogP) is 2.69. The zero-order valence-electron chi connectivity index (χ0n) is 16.6. The number of hydrogen-bond acceptors (Lipinski definition) is 5. The second kappa shape index (κ2) is 9.25. The lowest BCUT2D eigenvalue weighted by molar-refractivity contribution is -0.137. The summed E-state index contributed by atoms with van der Waals surface area (Å²) in [6.45, 7) is 3.39. The molecule has 0 atom stereocenters. The second-order valence-corrected chi connectivity index (χ2v) is 7.26. The number of aldehydes is 1. The van der Waals surface area contributed by atoms with Crippen LogP contribution in [0.4, 0.5) is 18.9 Å². The van der Waals surface area contributed by atoms with Crippen molar-refractivity contribution in [3.05, 3.63) is 59.4 Å². The van der Waals surface area contributed by atoms with Crippen LogP contribution in [0.15, 0.2) is 42.7 Å². The van der Waals surface area contributed by atoms with Gasteiger partial charge in [0.2, 0.25) is 5.91 Å². The van der Waals surface area contributed by atoms with Crippen molar-refractivity contribution in [2.75, 3.05) is 44.7 Å². The Morgan fingerprint density at radius 2 is 1.80 bits per heavy atom. The molecule has 0 aliphatic carbocycles. The molecule has 3 rings (SSSR count). The third kappa shape index (κ3) is 5.35. The summed E-state index contributed by atoms with van der Waals surface area (Å²) >= 11 is 0. The van der Waals surface area contributed by atoms with E-state index in [0.717, 1.165) is 37.3 Å². The van der Waals surface area contributed by atoms with Gasteiger partial charge >= 0.3 is 6.18 Å². The molecule has 2 aromatic rings. The average Bonchev–Trinajstić information content (AvgIpc) is 2.73. The molecule has 1 aliphatic heterocycles. The van der Waals surface area contributed by atoms with Gasteiger partial charge in [-0.25, -0.2) is 0 Å². The first-order chi connectivity index (χ1) is 14.3. The number of aromatic nitrogens is 1. The van der Waals surface area contributed by atoms with Gasteiger partial charge in [-0.15, -0.1) is 0 Å². The molecule has 0 unspecified atom stereocenters. The smallest absolute Gasteiger partial charge is 0.365 e. The standard InChI is InChI=1S/C21H23F3N4O2/c1-26(19-3-2-18(21(22,23)24)12-17(19)15-29)14-20(30)28-10-8-27(9-11-28)13-16-4-6-25-7-5-16/h2-7,12,15H,8-11,13-14H2,1H3. The minimum atomic E-state index is -4.53. The van der Waals surface area contributed by atoms with Crippen molar-refractivity contribution in [2.24, 2.45) is 0 Å². The first-order valence-corrected chi connectivity index (χ1v) is 9.54. The van der Waals surface area contributed by atoms with Gasteiger partial charge in [-0.2, -0.15) is 13.2 Å². The highest BCUT2D eigenvalue weighted by atomic mass is 19.4. The molecule has 6 nitrogen and oxygen atoms in total. The third-order valence-corrected chi connectivity index (χ3v) is 5.15. The molecule has 1 amide bonds. The maximum atomic E-state index is 12.9. The molecule has 0 N–H and O–H groups in total. The summed E-state index contributed by atoms with van der Waals surface area (Å²) in [7, 11) is 1.59. The van der Waals surface area contributed by atoms with Gasteiger partial charge in [0.25, 0.3) is 0 Å². The van der Waals surface area contributed by atoms with Crippen LogP contribution in [0.1, 0.15) is 21.5 Å². The highest BCUT2D eigenvalue weighted by molar-refractivity contribution is 5.88. The zero-order chi connectivity index (χ0) is 21.7. The van der Waals surface area contributed by atoms with Crippen LogP contribution < -0.4 is 4.90 Å². The molecular formula is C21H23F3N4O2. The minimum Gasteiger partial charge on any atom is -0.365 e. The van der Waals surface area contributed by atoms with E-state index in [1.165, 1.54) is 11.0 Å². The summed E-state index contributed by atoms with van der Waals surface area (Å²) in [4.78, 5) is 33.5. The van der Waals surface area contributed by atoms with E-state index in [1.54, 1.807) is 24.3 Å². The summed E-state index contributed by atoms with van der Waals surface area (Å²) in [5, 5.41) is 0. The number of alkyl halides is 3. The number of pyridine rings is 1. The largest absolute Gasteiger partial charge is 0.416 e. The van der Waals surface area contributed by atoms with E-state index in [1.807, 2.05) is 12.1 Å². The van der Waals surface area contributed by atoms with Crippen molar-refractivity contribution < 1.29 is 22.8 Å². The van der Waals surface area contributed by atoms with E-state index in [0.29, 0.717) is 25.1 Å². The molecular weight excluding hydrogens is 397 g/mol. The van der Waals surface area contributed by atoms with Crippen molar-refractivity contribution in [3.8, 4) is 0 Å². The van der Waals surface area contributed by atoms with Gasteiger partial charge in [-0.1, -0.05) is 0 Å². The molecule has 2 heterocycles. The monoisotopic (exact) mass is 420 g/mol. The van der Waals surface area contributed by atoms with Gasteiger partial charge in [0.1, 0.15) is 0 Å². The SMILES string of the molecule is CN(CC(=O)N1CCN(Cc2ccncc2)CC1)c1ccc(C(F)(F)F)cc1C=O. The highest BCUT2D eigenvalue weighted by Crippen LogP contribution is 2.32. The van der Waals surface area contributed by atoms with Crippen LogP contribution >= 0.6 is 0 Å². The number of nitrogens with zero attached hydrogens (tertiary/aromatic N) is 4. The van der Waals surface area contributed by atoms with Crippen LogP contribution in [0.5, 0.6) is 0 Å². The van der Waals surface area contributed by atoms with E-state index in [9.17, 15) is 22.8 Å². The summed E-state index contributed by atoms with van der Waals surface area (Å²) in [6.07, 6.45) is -0.649. The van der Waals surface area contributed by atoms with Crippen molar-refractivity contribution in [2.45, 2.75) is 12.7 Å². The number of halogens is 3. The zero-order valence-corrected chi connectivity index (χ0v) is 16.6. The van der Waals surface area contributed by atoms with Gasteiger partial charge in [0.15, 0.2) is 6.29 Å². The van der Waals surface area contributed by atoms with Crippen LogP contribution in [-0.4, -0.2) is 66.7 Å². The molecule has 0 radical (unpaired) electrons. The van der Waals surface area contributed by atoms with Gasteiger partial charge in [0, 0.05) is 63.4 Å². The van der Waals surface area contributed by atoms with Crippen molar-refractivity contribution >= 4 is 17.9 Å². The molecule has 0 spiro atoms.